The lowest BCUT2D eigenvalue weighted by molar-refractivity contribution is -0.137. The topological polar surface area (TPSA) is 123 Å². The van der Waals surface area contributed by atoms with E-state index in [4.69, 9.17) is 5.73 Å². The maximum atomic E-state index is 13.2. The second-order valence-electron chi connectivity index (χ2n) is 7.19. The Balaban J connectivity index is 1.68. The van der Waals surface area contributed by atoms with Crippen LogP contribution in [-0.2, 0) is 16.0 Å². The molecule has 0 aliphatic rings. The van der Waals surface area contributed by atoms with Crippen molar-refractivity contribution in [3.05, 3.63) is 84.1 Å². The van der Waals surface area contributed by atoms with Gasteiger partial charge >= 0.3 is 0 Å². The smallest absolute Gasteiger partial charge is 0.287 e. The fourth-order valence-electron chi connectivity index (χ4n) is 3.64. The van der Waals surface area contributed by atoms with Crippen molar-refractivity contribution in [1.82, 2.24) is 19.9 Å². The van der Waals surface area contributed by atoms with Gasteiger partial charge in [-0.15, -0.1) is 0 Å². The Bertz CT molecular complexity index is 1270. The van der Waals surface area contributed by atoms with Crippen LogP contribution in [0.5, 0.6) is 0 Å². The minimum absolute atomic E-state index is 0.148. The van der Waals surface area contributed by atoms with E-state index in [-0.39, 0.29) is 12.1 Å². The Morgan fingerprint density at radius 3 is 2.61 bits per heavy atom. The molecule has 0 aliphatic carbocycles. The molecule has 31 heavy (non-hydrogen) atoms. The van der Waals surface area contributed by atoms with Crippen LogP contribution in [0.4, 0.5) is 0 Å². The SMILES string of the molecule is Cc1ncc(C(=O)NC(Cc2ccccc2)C(=O)C(N)=O)n1-c1cccc2[nH]ccc12. The fraction of sp³-hybridized carbons (Fsp3) is 0.130. The number of carbonyl (C=O) groups is 3. The quantitative estimate of drug-likeness (QED) is 0.400. The summed E-state index contributed by atoms with van der Waals surface area (Å²) in [4.78, 5) is 44.6. The molecule has 2 heterocycles. The van der Waals surface area contributed by atoms with Crippen molar-refractivity contribution < 1.29 is 14.4 Å². The molecule has 2 aromatic carbocycles. The van der Waals surface area contributed by atoms with E-state index in [1.54, 1.807) is 11.5 Å². The minimum Gasteiger partial charge on any atom is -0.363 e. The van der Waals surface area contributed by atoms with E-state index in [1.165, 1.54) is 6.20 Å². The number of Topliss-reactive ketones (excluding diaryl/α,β-unsaturated/α-hetero) is 1. The molecule has 0 bridgehead atoms. The van der Waals surface area contributed by atoms with Gasteiger partial charge in [0.15, 0.2) is 0 Å². The highest BCUT2D eigenvalue weighted by Gasteiger charge is 2.27. The van der Waals surface area contributed by atoms with E-state index in [2.05, 4.69) is 15.3 Å². The lowest BCUT2D eigenvalue weighted by Gasteiger charge is -2.18. The van der Waals surface area contributed by atoms with Gasteiger partial charge in [0.2, 0.25) is 5.78 Å². The predicted molar refractivity (Wildman–Crippen MR) is 116 cm³/mol. The third-order valence-electron chi connectivity index (χ3n) is 5.13. The molecule has 2 aromatic heterocycles. The van der Waals surface area contributed by atoms with Gasteiger partial charge in [0, 0.05) is 23.5 Å². The number of ketones is 1. The zero-order valence-electron chi connectivity index (χ0n) is 16.8. The van der Waals surface area contributed by atoms with Gasteiger partial charge in [-0.25, -0.2) is 4.98 Å². The normalized spacial score (nSPS) is 11.9. The van der Waals surface area contributed by atoms with Crippen LogP contribution >= 0.6 is 0 Å². The first-order chi connectivity index (χ1) is 15.0. The van der Waals surface area contributed by atoms with Crippen molar-refractivity contribution in [3.63, 3.8) is 0 Å². The molecule has 4 rings (SSSR count). The van der Waals surface area contributed by atoms with Crippen molar-refractivity contribution in [3.8, 4) is 5.69 Å². The first kappa shape index (κ1) is 20.1. The highest BCUT2D eigenvalue weighted by Crippen LogP contribution is 2.24. The van der Waals surface area contributed by atoms with Gasteiger partial charge in [-0.2, -0.15) is 0 Å². The third-order valence-corrected chi connectivity index (χ3v) is 5.13. The summed E-state index contributed by atoms with van der Waals surface area (Å²) >= 11 is 0. The number of primary amides is 1. The zero-order chi connectivity index (χ0) is 22.0. The molecule has 0 aliphatic heterocycles. The molecule has 4 N–H and O–H groups in total. The average molecular weight is 415 g/mol. The van der Waals surface area contributed by atoms with Crippen molar-refractivity contribution in [1.29, 1.82) is 0 Å². The van der Waals surface area contributed by atoms with Crippen LogP contribution in [0.3, 0.4) is 0 Å². The van der Waals surface area contributed by atoms with E-state index in [9.17, 15) is 14.4 Å². The average Bonchev–Trinajstić information content (AvgIpc) is 3.39. The van der Waals surface area contributed by atoms with Gasteiger partial charge in [-0.05, 0) is 30.7 Å². The first-order valence-corrected chi connectivity index (χ1v) is 9.75. The van der Waals surface area contributed by atoms with Crippen LogP contribution in [0.1, 0.15) is 21.9 Å². The molecule has 8 heteroatoms. The van der Waals surface area contributed by atoms with E-state index in [1.807, 2.05) is 60.8 Å². The lowest BCUT2D eigenvalue weighted by Crippen LogP contribution is -2.47. The lowest BCUT2D eigenvalue weighted by atomic mass is 10.0. The number of fused-ring (bicyclic) bond motifs is 1. The van der Waals surface area contributed by atoms with E-state index < -0.39 is 23.6 Å². The number of rotatable bonds is 7. The van der Waals surface area contributed by atoms with Crippen LogP contribution in [0.25, 0.3) is 16.6 Å². The number of H-pyrrole nitrogens is 1. The van der Waals surface area contributed by atoms with Crippen molar-refractivity contribution >= 4 is 28.5 Å². The summed E-state index contributed by atoms with van der Waals surface area (Å²) in [5, 5.41) is 3.59. The van der Waals surface area contributed by atoms with Gasteiger partial charge in [0.25, 0.3) is 11.8 Å². The van der Waals surface area contributed by atoms with Crippen LogP contribution < -0.4 is 11.1 Å². The number of hydrogen-bond donors (Lipinski definition) is 3. The Hall–Kier alpha value is -4.20. The molecule has 0 saturated carbocycles. The molecule has 2 amide bonds. The van der Waals surface area contributed by atoms with Gasteiger partial charge in [0.05, 0.1) is 11.9 Å². The van der Waals surface area contributed by atoms with Crippen molar-refractivity contribution in [2.75, 3.05) is 0 Å². The highest BCUT2D eigenvalue weighted by molar-refractivity contribution is 6.38. The molecule has 0 fully saturated rings. The molecule has 0 spiro atoms. The number of imidazole rings is 1. The molecule has 0 radical (unpaired) electrons. The second-order valence-corrected chi connectivity index (χ2v) is 7.19. The monoisotopic (exact) mass is 415 g/mol. The van der Waals surface area contributed by atoms with Gasteiger partial charge in [-0.3, -0.25) is 19.0 Å². The summed E-state index contributed by atoms with van der Waals surface area (Å²) in [5.41, 5.74) is 7.96. The Morgan fingerprint density at radius 1 is 1.10 bits per heavy atom. The molecular formula is C23H21N5O3. The summed E-state index contributed by atoms with van der Waals surface area (Å²) in [6.45, 7) is 1.79. The summed E-state index contributed by atoms with van der Waals surface area (Å²) in [7, 11) is 0. The zero-order valence-corrected chi connectivity index (χ0v) is 16.8. The number of carbonyl (C=O) groups excluding carboxylic acids is 3. The van der Waals surface area contributed by atoms with E-state index in [0.717, 1.165) is 22.2 Å². The molecule has 0 saturated heterocycles. The number of nitrogens with zero attached hydrogens (tertiary/aromatic N) is 2. The van der Waals surface area contributed by atoms with E-state index >= 15 is 0 Å². The number of aromatic amines is 1. The fourth-order valence-corrected chi connectivity index (χ4v) is 3.64. The maximum Gasteiger partial charge on any atom is 0.287 e. The number of aryl methyl sites for hydroxylation is 1. The molecule has 1 atom stereocenters. The van der Waals surface area contributed by atoms with Crippen LogP contribution in [-0.4, -0.2) is 38.2 Å². The summed E-state index contributed by atoms with van der Waals surface area (Å²) in [5.74, 6) is -1.86. The number of hydrogen-bond acceptors (Lipinski definition) is 4. The number of nitrogens with two attached hydrogens (primary N) is 1. The number of nitrogens with one attached hydrogen (secondary N) is 2. The summed E-state index contributed by atoms with van der Waals surface area (Å²) in [6, 6.07) is 15.6. The Kier molecular flexibility index (Phi) is 5.36. The third kappa shape index (κ3) is 3.95. The van der Waals surface area contributed by atoms with Gasteiger partial charge in [0.1, 0.15) is 17.6 Å². The molecule has 4 aromatic rings. The van der Waals surface area contributed by atoms with Crippen LogP contribution in [0.15, 0.2) is 67.0 Å². The molecule has 156 valence electrons. The highest BCUT2D eigenvalue weighted by atomic mass is 16.2. The summed E-state index contributed by atoms with van der Waals surface area (Å²) in [6.07, 6.45) is 3.42. The van der Waals surface area contributed by atoms with Gasteiger partial charge < -0.3 is 16.0 Å². The van der Waals surface area contributed by atoms with Gasteiger partial charge in [-0.1, -0.05) is 36.4 Å². The minimum atomic E-state index is -1.09. The van der Waals surface area contributed by atoms with Crippen LogP contribution in [0.2, 0.25) is 0 Å². The predicted octanol–water partition coefficient (Wildman–Crippen LogP) is 2.06. The number of benzene rings is 2. The van der Waals surface area contributed by atoms with Crippen molar-refractivity contribution in [2.24, 2.45) is 5.73 Å². The van der Waals surface area contributed by atoms with Crippen LogP contribution in [0, 0.1) is 6.92 Å². The number of aromatic nitrogens is 3. The Morgan fingerprint density at radius 2 is 1.87 bits per heavy atom. The summed E-state index contributed by atoms with van der Waals surface area (Å²) < 4.78 is 1.72. The van der Waals surface area contributed by atoms with E-state index in [0.29, 0.717) is 5.82 Å². The molecular weight excluding hydrogens is 394 g/mol. The first-order valence-electron chi connectivity index (χ1n) is 9.75. The van der Waals surface area contributed by atoms with Crippen molar-refractivity contribution in [2.45, 2.75) is 19.4 Å². The Labute approximate surface area is 178 Å². The molecule has 1 unspecified atom stereocenters. The number of amides is 2. The second kappa shape index (κ2) is 8.27. The maximum absolute atomic E-state index is 13.2. The standard InChI is InChI=1S/C23H21N5O3/c1-14-26-13-20(28(14)19-9-5-8-17-16(19)10-11-25-17)23(31)27-18(21(29)22(24)30)12-15-6-3-2-4-7-15/h2-11,13,18,25H,12H2,1H3,(H2,24,30)(H,27,31). The largest absolute Gasteiger partial charge is 0.363 e. The molecule has 8 nitrogen and oxygen atoms in total.